The average molecular weight is 523 g/mol. The van der Waals surface area contributed by atoms with E-state index >= 15 is 0 Å². The Morgan fingerprint density at radius 2 is 1.83 bits per heavy atom. The van der Waals surface area contributed by atoms with Gasteiger partial charge in [-0.15, -0.1) is 11.8 Å². The Morgan fingerprint density at radius 1 is 1.22 bits per heavy atom. The van der Waals surface area contributed by atoms with Crippen molar-refractivity contribution in [1.82, 2.24) is 15.5 Å². The van der Waals surface area contributed by atoms with Gasteiger partial charge >= 0.3 is 6.09 Å². The second kappa shape index (κ2) is 11.9. The summed E-state index contributed by atoms with van der Waals surface area (Å²) in [5.41, 5.74) is 0.163. The number of nitrogens with one attached hydrogen (secondary N) is 2. The Labute approximate surface area is 217 Å². The lowest BCUT2D eigenvalue weighted by atomic mass is 10.0. The third-order valence-corrected chi connectivity index (χ3v) is 6.97. The summed E-state index contributed by atoms with van der Waals surface area (Å²) >= 11 is 1.51. The molecule has 11 heteroatoms. The fraction of sp³-hybridized carbons (Fsp3) is 0.640. The second-order valence-electron chi connectivity index (χ2n) is 10.8. The molecule has 10 nitrogen and oxygen atoms in total. The van der Waals surface area contributed by atoms with Crippen molar-refractivity contribution in [2.24, 2.45) is 5.92 Å². The van der Waals surface area contributed by atoms with E-state index in [0.29, 0.717) is 25.1 Å². The highest BCUT2D eigenvalue weighted by Gasteiger charge is 2.48. The van der Waals surface area contributed by atoms with Crippen LogP contribution in [-0.2, 0) is 20.7 Å². The van der Waals surface area contributed by atoms with E-state index in [-0.39, 0.29) is 23.4 Å². The Balaban J connectivity index is 2.10. The molecule has 2 atom stereocenters. The zero-order valence-corrected chi connectivity index (χ0v) is 22.9. The zero-order valence-electron chi connectivity index (χ0n) is 22.1. The summed E-state index contributed by atoms with van der Waals surface area (Å²) in [5, 5.41) is 16.4. The molecule has 36 heavy (non-hydrogen) atoms. The van der Waals surface area contributed by atoms with Gasteiger partial charge in [0, 0.05) is 24.4 Å². The number of thioether (sulfide) groups is 1. The normalized spacial score (nSPS) is 18.0. The maximum Gasteiger partial charge on any atom is 0.408 e. The topological polar surface area (TPSA) is 131 Å². The summed E-state index contributed by atoms with van der Waals surface area (Å²) in [4.78, 5) is 50.6. The number of carbonyl (C=O) groups is 3. The molecule has 3 amide bonds. The van der Waals surface area contributed by atoms with Gasteiger partial charge in [0.1, 0.15) is 17.7 Å². The Hall–Kier alpha value is -2.82. The molecule has 0 aliphatic carbocycles. The van der Waals surface area contributed by atoms with Crippen LogP contribution in [0.4, 0.5) is 10.5 Å². The fourth-order valence-electron chi connectivity index (χ4n) is 3.96. The van der Waals surface area contributed by atoms with Crippen LogP contribution >= 0.6 is 11.8 Å². The minimum atomic E-state index is -0.826. The molecule has 1 saturated heterocycles. The van der Waals surface area contributed by atoms with Crippen LogP contribution in [0, 0.1) is 16.0 Å². The van der Waals surface area contributed by atoms with Crippen LogP contribution in [-0.4, -0.2) is 62.6 Å². The molecule has 1 fully saturated rings. The van der Waals surface area contributed by atoms with Crippen molar-refractivity contribution >= 4 is 35.4 Å². The van der Waals surface area contributed by atoms with E-state index < -0.39 is 33.6 Å². The van der Waals surface area contributed by atoms with Crippen LogP contribution in [0.5, 0.6) is 0 Å². The molecule has 0 aromatic heterocycles. The largest absolute Gasteiger partial charge is 0.444 e. The van der Waals surface area contributed by atoms with Crippen molar-refractivity contribution in [2.45, 2.75) is 83.9 Å². The van der Waals surface area contributed by atoms with Crippen molar-refractivity contribution in [3.63, 3.8) is 0 Å². The van der Waals surface area contributed by atoms with Gasteiger partial charge in [-0.3, -0.25) is 19.7 Å². The van der Waals surface area contributed by atoms with Crippen molar-refractivity contribution in [3.8, 4) is 0 Å². The van der Waals surface area contributed by atoms with Gasteiger partial charge in [0.15, 0.2) is 0 Å². The van der Waals surface area contributed by atoms with Crippen LogP contribution in [0.2, 0.25) is 0 Å². The molecule has 1 aromatic rings. The minimum Gasteiger partial charge on any atom is -0.444 e. The lowest BCUT2D eigenvalue weighted by Gasteiger charge is -2.37. The third-order valence-electron chi connectivity index (χ3n) is 5.58. The van der Waals surface area contributed by atoms with Gasteiger partial charge < -0.3 is 20.3 Å². The van der Waals surface area contributed by atoms with E-state index in [4.69, 9.17) is 4.74 Å². The highest BCUT2D eigenvalue weighted by Crippen LogP contribution is 2.39. The number of ether oxygens (including phenoxy) is 1. The number of hydrogen-bond donors (Lipinski definition) is 2. The molecule has 1 aromatic carbocycles. The number of nitro benzene ring substituents is 1. The molecular formula is C25H38N4O6S. The molecule has 200 valence electrons. The Morgan fingerprint density at radius 3 is 2.36 bits per heavy atom. The summed E-state index contributed by atoms with van der Waals surface area (Å²) in [6.45, 7) is 13.3. The summed E-state index contributed by atoms with van der Waals surface area (Å²) in [5.74, 6) is -0.0339. The molecule has 0 bridgehead atoms. The van der Waals surface area contributed by atoms with Crippen LogP contribution in [0.25, 0.3) is 0 Å². The average Bonchev–Trinajstić information content (AvgIpc) is 3.06. The summed E-state index contributed by atoms with van der Waals surface area (Å²) < 4.78 is 5.36. The number of non-ortho nitro benzene ring substituents is 1. The van der Waals surface area contributed by atoms with E-state index in [1.807, 2.05) is 27.7 Å². The van der Waals surface area contributed by atoms with E-state index in [1.54, 1.807) is 37.8 Å². The SMILES string of the molecule is CC(C)C[C@H](NC(=O)OC(C)(C)C)C(=O)N1[C@@H](C(=O)NCCc2ccc([N+](=O)[O-])cc2)CSC1(C)C. The van der Waals surface area contributed by atoms with Crippen LogP contribution in [0.3, 0.4) is 0 Å². The first kappa shape index (κ1) is 29.4. The second-order valence-corrected chi connectivity index (χ2v) is 12.4. The molecule has 1 heterocycles. The molecule has 0 radical (unpaired) electrons. The lowest BCUT2D eigenvalue weighted by Crippen LogP contribution is -2.59. The van der Waals surface area contributed by atoms with Gasteiger partial charge in [0.2, 0.25) is 11.8 Å². The Kier molecular flexibility index (Phi) is 9.76. The van der Waals surface area contributed by atoms with E-state index in [1.165, 1.54) is 23.9 Å². The maximum atomic E-state index is 13.7. The molecule has 0 saturated carbocycles. The summed E-state index contributed by atoms with van der Waals surface area (Å²) in [6, 6.07) is 4.67. The van der Waals surface area contributed by atoms with Crippen molar-refractivity contribution in [3.05, 3.63) is 39.9 Å². The van der Waals surface area contributed by atoms with Crippen LogP contribution < -0.4 is 10.6 Å². The first-order chi connectivity index (χ1) is 16.6. The predicted molar refractivity (Wildman–Crippen MR) is 140 cm³/mol. The van der Waals surface area contributed by atoms with E-state index in [2.05, 4.69) is 10.6 Å². The standard InChI is InChI=1S/C25H38N4O6S/c1-16(2)14-19(27-23(32)35-24(3,4)5)22(31)28-20(15-36-25(28,6)7)21(30)26-13-12-17-8-10-18(11-9-17)29(33)34/h8-11,16,19-20H,12-15H2,1-7H3,(H,26,30)(H,27,32)/t19-,20+/m0/s1. The van der Waals surface area contributed by atoms with Crippen LogP contribution in [0.1, 0.15) is 60.5 Å². The molecule has 0 unspecified atom stereocenters. The van der Waals surface area contributed by atoms with Gasteiger partial charge in [-0.05, 0) is 58.9 Å². The fourth-order valence-corrected chi connectivity index (χ4v) is 5.18. The molecule has 0 spiro atoms. The molecule has 1 aliphatic rings. The van der Waals surface area contributed by atoms with Crippen molar-refractivity contribution in [1.29, 1.82) is 0 Å². The number of nitrogens with zero attached hydrogens (tertiary/aromatic N) is 2. The smallest absolute Gasteiger partial charge is 0.408 e. The molecule has 2 N–H and O–H groups in total. The third kappa shape index (κ3) is 8.39. The highest BCUT2D eigenvalue weighted by molar-refractivity contribution is 8.00. The van der Waals surface area contributed by atoms with Crippen molar-refractivity contribution in [2.75, 3.05) is 12.3 Å². The molecule has 2 rings (SSSR count). The molecule has 1 aliphatic heterocycles. The van der Waals surface area contributed by atoms with Gasteiger partial charge in [-0.2, -0.15) is 0 Å². The van der Waals surface area contributed by atoms with Crippen molar-refractivity contribution < 1.29 is 24.0 Å². The van der Waals surface area contributed by atoms with E-state index in [0.717, 1.165) is 5.56 Å². The van der Waals surface area contributed by atoms with Gasteiger partial charge in [0.25, 0.3) is 5.69 Å². The van der Waals surface area contributed by atoms with Gasteiger partial charge in [0.05, 0.1) is 9.79 Å². The number of alkyl carbamates (subject to hydrolysis) is 1. The first-order valence-corrected chi connectivity index (χ1v) is 13.1. The highest BCUT2D eigenvalue weighted by atomic mass is 32.2. The predicted octanol–water partition coefficient (Wildman–Crippen LogP) is 3.87. The minimum absolute atomic E-state index is 0.0121. The van der Waals surface area contributed by atoms with Gasteiger partial charge in [-0.1, -0.05) is 26.0 Å². The zero-order chi connectivity index (χ0) is 27.3. The summed E-state index contributed by atoms with van der Waals surface area (Å²) in [6.07, 6.45) is 0.233. The maximum absolute atomic E-state index is 13.7. The van der Waals surface area contributed by atoms with E-state index in [9.17, 15) is 24.5 Å². The van der Waals surface area contributed by atoms with Crippen LogP contribution in [0.15, 0.2) is 24.3 Å². The number of amides is 3. The number of hydrogen-bond acceptors (Lipinski definition) is 7. The van der Waals surface area contributed by atoms with Gasteiger partial charge in [-0.25, -0.2) is 4.79 Å². The monoisotopic (exact) mass is 522 g/mol. The number of benzene rings is 1. The summed E-state index contributed by atoms with van der Waals surface area (Å²) in [7, 11) is 0. The lowest BCUT2D eigenvalue weighted by molar-refractivity contribution is -0.384. The Bertz CT molecular complexity index is 958. The first-order valence-electron chi connectivity index (χ1n) is 12.1. The number of carbonyl (C=O) groups excluding carboxylic acids is 3. The molecular weight excluding hydrogens is 484 g/mol. The quantitative estimate of drug-likeness (QED) is 0.372. The number of rotatable bonds is 9. The number of nitro groups is 1.